The first-order chi connectivity index (χ1) is 13.2. The van der Waals surface area contributed by atoms with Crippen LogP contribution in [0.4, 0.5) is 0 Å². The third-order valence-corrected chi connectivity index (χ3v) is 4.85. The molecule has 0 aliphatic carbocycles. The lowest BCUT2D eigenvalue weighted by molar-refractivity contribution is 0.469. The van der Waals surface area contributed by atoms with Gasteiger partial charge >= 0.3 is 0 Å². The molecule has 0 fully saturated rings. The molecule has 0 atom stereocenters. The van der Waals surface area contributed by atoms with Crippen molar-refractivity contribution in [3.63, 3.8) is 0 Å². The number of para-hydroxylation sites is 1. The minimum atomic E-state index is -0.184. The Kier molecular flexibility index (Phi) is 6.42. The molecule has 0 radical (unpaired) electrons. The minimum Gasteiger partial charge on any atom is -0.507 e. The quantitative estimate of drug-likeness (QED) is 0.422. The number of aromatic nitrogens is 2. The Labute approximate surface area is 159 Å². The highest BCUT2D eigenvalue weighted by atomic mass is 16.3. The number of allylic oxidation sites excluding steroid dienone is 1. The summed E-state index contributed by atoms with van der Waals surface area (Å²) in [4.78, 5) is 17.5. The van der Waals surface area contributed by atoms with Crippen molar-refractivity contribution in [2.45, 2.75) is 44.9 Å². The van der Waals surface area contributed by atoms with Crippen LogP contribution in [0.15, 0.2) is 66.1 Å². The molecule has 0 amide bonds. The molecule has 3 rings (SSSR count). The van der Waals surface area contributed by atoms with E-state index in [1.807, 2.05) is 42.5 Å². The molecule has 1 aromatic carbocycles. The lowest BCUT2D eigenvalue weighted by Gasteiger charge is -2.14. The Balaban J connectivity index is 1.89. The molecular formula is C23H26N2O2. The Bertz CT molecular complexity index is 961. The Hall–Kier alpha value is -2.88. The third-order valence-electron chi connectivity index (χ3n) is 4.85. The van der Waals surface area contributed by atoms with Crippen LogP contribution >= 0.6 is 0 Å². The molecular weight excluding hydrogens is 336 g/mol. The van der Waals surface area contributed by atoms with Crippen LogP contribution in [-0.2, 0) is 6.42 Å². The molecule has 0 spiro atoms. The number of unbranched alkanes of at least 4 members (excludes halogenated alkanes) is 5. The second-order valence-corrected chi connectivity index (χ2v) is 6.77. The minimum absolute atomic E-state index is 0.0712. The fraction of sp³-hybridized carbons (Fsp3) is 0.304. The summed E-state index contributed by atoms with van der Waals surface area (Å²) in [5, 5.41) is 11.3. The zero-order valence-corrected chi connectivity index (χ0v) is 15.6. The van der Waals surface area contributed by atoms with Crippen LogP contribution in [0, 0.1) is 0 Å². The molecule has 0 saturated heterocycles. The molecule has 0 aliphatic heterocycles. The van der Waals surface area contributed by atoms with Crippen molar-refractivity contribution >= 4 is 11.0 Å². The van der Waals surface area contributed by atoms with E-state index in [2.05, 4.69) is 11.6 Å². The highest BCUT2D eigenvalue weighted by Crippen LogP contribution is 2.27. The highest BCUT2D eigenvalue weighted by Gasteiger charge is 2.17. The normalized spacial score (nSPS) is 11.0. The first-order valence-electron chi connectivity index (χ1n) is 9.62. The molecule has 3 aromatic rings. The number of benzene rings is 1. The Morgan fingerprint density at radius 2 is 1.74 bits per heavy atom. The first-order valence-corrected chi connectivity index (χ1v) is 9.62. The number of hydrogen-bond donors (Lipinski definition) is 1. The molecule has 0 bridgehead atoms. The van der Waals surface area contributed by atoms with Gasteiger partial charge in [-0.2, -0.15) is 0 Å². The van der Waals surface area contributed by atoms with Crippen molar-refractivity contribution in [1.82, 2.24) is 9.55 Å². The van der Waals surface area contributed by atoms with Crippen LogP contribution in [0.25, 0.3) is 16.7 Å². The summed E-state index contributed by atoms with van der Waals surface area (Å²) in [6, 6.07) is 13.1. The van der Waals surface area contributed by atoms with Crippen molar-refractivity contribution in [2.24, 2.45) is 0 Å². The summed E-state index contributed by atoms with van der Waals surface area (Å²) in [5.41, 5.74) is 1.54. The van der Waals surface area contributed by atoms with E-state index >= 15 is 0 Å². The molecule has 0 unspecified atom stereocenters. The van der Waals surface area contributed by atoms with Crippen molar-refractivity contribution in [3.8, 4) is 11.4 Å². The maximum Gasteiger partial charge on any atom is 0.263 e. The molecule has 1 N–H and O–H groups in total. The number of nitrogens with zero attached hydrogens (tertiary/aromatic N) is 2. The highest BCUT2D eigenvalue weighted by molar-refractivity contribution is 5.84. The molecule has 140 valence electrons. The van der Waals surface area contributed by atoms with Gasteiger partial charge in [0.25, 0.3) is 5.56 Å². The maximum absolute atomic E-state index is 13.2. The van der Waals surface area contributed by atoms with E-state index in [0.717, 1.165) is 37.8 Å². The van der Waals surface area contributed by atoms with Gasteiger partial charge in [0, 0.05) is 6.20 Å². The average molecular weight is 362 g/mol. The zero-order valence-electron chi connectivity index (χ0n) is 15.6. The van der Waals surface area contributed by atoms with Crippen molar-refractivity contribution in [3.05, 3.63) is 77.2 Å². The van der Waals surface area contributed by atoms with Crippen molar-refractivity contribution in [2.75, 3.05) is 0 Å². The van der Waals surface area contributed by atoms with E-state index in [9.17, 15) is 9.90 Å². The summed E-state index contributed by atoms with van der Waals surface area (Å²) in [7, 11) is 0. The van der Waals surface area contributed by atoms with E-state index in [1.165, 1.54) is 6.42 Å². The van der Waals surface area contributed by atoms with E-state index in [0.29, 0.717) is 23.0 Å². The second-order valence-electron chi connectivity index (χ2n) is 6.77. The average Bonchev–Trinajstić information content (AvgIpc) is 2.70. The van der Waals surface area contributed by atoms with Crippen LogP contribution in [-0.4, -0.2) is 14.7 Å². The molecule has 0 saturated carbocycles. The number of pyridine rings is 2. The number of hydrogen-bond acceptors (Lipinski definition) is 3. The molecule has 2 heterocycles. The summed E-state index contributed by atoms with van der Waals surface area (Å²) < 4.78 is 1.61. The van der Waals surface area contributed by atoms with Gasteiger partial charge in [0.2, 0.25) is 0 Å². The van der Waals surface area contributed by atoms with Crippen molar-refractivity contribution in [1.29, 1.82) is 0 Å². The fourth-order valence-corrected chi connectivity index (χ4v) is 3.42. The van der Waals surface area contributed by atoms with E-state index in [1.54, 1.807) is 16.8 Å². The summed E-state index contributed by atoms with van der Waals surface area (Å²) in [5.74, 6) is 0.0712. The van der Waals surface area contributed by atoms with Crippen LogP contribution in [0.3, 0.4) is 0 Å². The number of fused-ring (bicyclic) bond motifs is 1. The van der Waals surface area contributed by atoms with Gasteiger partial charge in [-0.15, -0.1) is 6.58 Å². The van der Waals surface area contributed by atoms with Gasteiger partial charge in [0.05, 0.1) is 16.6 Å². The predicted molar refractivity (Wildman–Crippen MR) is 111 cm³/mol. The van der Waals surface area contributed by atoms with Gasteiger partial charge < -0.3 is 5.11 Å². The molecule has 2 aromatic heterocycles. The van der Waals surface area contributed by atoms with Crippen LogP contribution in [0.5, 0.6) is 5.75 Å². The van der Waals surface area contributed by atoms with E-state index < -0.39 is 0 Å². The second kappa shape index (κ2) is 9.17. The van der Waals surface area contributed by atoms with E-state index in [-0.39, 0.29) is 11.3 Å². The smallest absolute Gasteiger partial charge is 0.263 e. The summed E-state index contributed by atoms with van der Waals surface area (Å²) in [6.07, 6.45) is 10.6. The molecule has 0 aliphatic rings. The third kappa shape index (κ3) is 4.27. The predicted octanol–water partition coefficient (Wildman–Crippen LogP) is 5.16. The largest absolute Gasteiger partial charge is 0.507 e. The number of aromatic hydroxyl groups is 1. The van der Waals surface area contributed by atoms with Gasteiger partial charge in [-0.25, -0.2) is 4.98 Å². The Morgan fingerprint density at radius 3 is 2.52 bits per heavy atom. The standard InChI is InChI=1S/C23H26N2O2/c1-2-3-4-5-6-7-11-15-20-21(26)19-16-12-17-24-22(19)25(23(20)27)18-13-9-8-10-14-18/h2,8-10,12-14,16-17,26H,1,3-7,11,15H2. The SMILES string of the molecule is C=CCCCCCCCc1c(O)c2cccnc2n(-c2ccccc2)c1=O. The van der Waals surface area contributed by atoms with Gasteiger partial charge in [0.15, 0.2) is 5.65 Å². The summed E-state index contributed by atoms with van der Waals surface area (Å²) in [6.45, 7) is 3.74. The van der Waals surface area contributed by atoms with E-state index in [4.69, 9.17) is 0 Å². The van der Waals surface area contributed by atoms with Gasteiger partial charge in [0.1, 0.15) is 5.75 Å². The lowest BCUT2D eigenvalue weighted by atomic mass is 10.0. The summed E-state index contributed by atoms with van der Waals surface area (Å²) >= 11 is 0. The monoisotopic (exact) mass is 362 g/mol. The van der Waals surface area contributed by atoms with Crippen molar-refractivity contribution < 1.29 is 5.11 Å². The lowest BCUT2D eigenvalue weighted by Crippen LogP contribution is -2.23. The number of rotatable bonds is 9. The molecule has 27 heavy (non-hydrogen) atoms. The van der Waals surface area contributed by atoms with Crippen LogP contribution in [0.1, 0.15) is 44.1 Å². The van der Waals surface area contributed by atoms with Gasteiger partial charge in [-0.1, -0.05) is 43.5 Å². The topological polar surface area (TPSA) is 55.1 Å². The van der Waals surface area contributed by atoms with Crippen LogP contribution in [0.2, 0.25) is 0 Å². The fourth-order valence-electron chi connectivity index (χ4n) is 3.42. The van der Waals surface area contributed by atoms with Gasteiger partial charge in [-0.3, -0.25) is 9.36 Å². The van der Waals surface area contributed by atoms with Gasteiger partial charge in [-0.05, 0) is 49.9 Å². The molecule has 4 nitrogen and oxygen atoms in total. The zero-order chi connectivity index (χ0) is 19.1. The molecule has 4 heteroatoms. The van der Waals surface area contributed by atoms with Crippen LogP contribution < -0.4 is 5.56 Å². The maximum atomic E-state index is 13.2. The first kappa shape index (κ1) is 18.9. The Morgan fingerprint density at radius 1 is 1.00 bits per heavy atom.